The van der Waals surface area contributed by atoms with Crippen molar-refractivity contribution in [2.45, 2.75) is 102 Å². The first kappa shape index (κ1) is 32.6. The second kappa shape index (κ2) is 11.4. The molecule has 5 atom stereocenters. The number of carbonyl (C=O) groups is 4. The molecule has 0 aromatic rings. The molecule has 0 unspecified atom stereocenters. The topological polar surface area (TPSA) is 189 Å². The Hall–Kier alpha value is -2.94. The molecule has 0 aromatic carbocycles. The first-order valence-corrected chi connectivity index (χ1v) is 15.5. The zero-order valence-corrected chi connectivity index (χ0v) is 26.0. The van der Waals surface area contributed by atoms with Gasteiger partial charge in [0.25, 0.3) is 5.91 Å². The summed E-state index contributed by atoms with van der Waals surface area (Å²) in [7, 11) is -3.85. The number of sulfonamides is 1. The molecule has 1 saturated heterocycles. The number of carbonyl (C=O) groups excluding carboxylic acids is 4. The van der Waals surface area contributed by atoms with Crippen LogP contribution >= 0.6 is 12.2 Å². The van der Waals surface area contributed by atoms with Crippen LogP contribution in [0.4, 0.5) is 4.79 Å². The maximum absolute atomic E-state index is 14.0. The lowest BCUT2D eigenvalue weighted by molar-refractivity contribution is -0.142. The van der Waals surface area contributed by atoms with E-state index in [-0.39, 0.29) is 24.5 Å². The molecule has 0 aromatic heterocycles. The third kappa shape index (κ3) is 7.87. The van der Waals surface area contributed by atoms with Crippen molar-refractivity contribution in [1.29, 1.82) is 0 Å². The highest BCUT2D eigenvalue weighted by molar-refractivity contribution is 7.91. The van der Waals surface area contributed by atoms with E-state index >= 15 is 0 Å². The summed E-state index contributed by atoms with van der Waals surface area (Å²) in [5.74, 6) is -2.52. The van der Waals surface area contributed by atoms with E-state index in [0.717, 1.165) is 0 Å². The number of hydrogen-bond donors (Lipinski definition) is 5. The van der Waals surface area contributed by atoms with Crippen LogP contribution in [-0.2, 0) is 29.1 Å². The molecule has 1 heterocycles. The predicted molar refractivity (Wildman–Crippen MR) is 156 cm³/mol. The quantitative estimate of drug-likeness (QED) is 0.180. The fourth-order valence-corrected chi connectivity index (χ4v) is 6.42. The number of amides is 4. The Balaban J connectivity index is 1.86. The van der Waals surface area contributed by atoms with Crippen molar-refractivity contribution in [2.24, 2.45) is 17.1 Å². The smallest absolute Gasteiger partial charge is 0.408 e. The normalized spacial score (nSPS) is 26.8. The van der Waals surface area contributed by atoms with Crippen molar-refractivity contribution in [3.63, 3.8) is 0 Å². The fourth-order valence-electron chi connectivity index (χ4n) is 4.89. The molecule has 15 heteroatoms. The van der Waals surface area contributed by atoms with Gasteiger partial charge in [-0.15, -0.1) is 6.58 Å². The van der Waals surface area contributed by atoms with Gasteiger partial charge in [0.2, 0.25) is 21.8 Å². The van der Waals surface area contributed by atoms with Crippen LogP contribution in [0.15, 0.2) is 12.7 Å². The van der Waals surface area contributed by atoms with Crippen LogP contribution < -0.4 is 26.4 Å². The molecule has 6 N–H and O–H groups in total. The summed E-state index contributed by atoms with van der Waals surface area (Å²) >= 11 is 4.97. The van der Waals surface area contributed by atoms with Gasteiger partial charge in [-0.25, -0.2) is 13.2 Å². The summed E-state index contributed by atoms with van der Waals surface area (Å²) in [4.78, 5) is 54.8. The number of alkyl carbamates (subject to hydrolysis) is 1. The third-order valence-electron chi connectivity index (χ3n) is 7.26. The Morgan fingerprint density at radius 1 is 1.15 bits per heavy atom. The second-order valence-corrected chi connectivity index (χ2v) is 15.5. The van der Waals surface area contributed by atoms with Crippen molar-refractivity contribution in [3.8, 4) is 0 Å². The Bertz CT molecular complexity index is 1220. The highest BCUT2D eigenvalue weighted by Gasteiger charge is 2.62. The minimum absolute atomic E-state index is 0.0160. The average Bonchev–Trinajstić information content (AvgIpc) is 3.72. The number of nitrogens with one attached hydrogen (secondary N) is 4. The number of thiocarbonyl (C=S) groups is 1. The molecule has 3 fully saturated rings. The molecule has 1 aliphatic heterocycles. The van der Waals surface area contributed by atoms with Crippen LogP contribution in [0.2, 0.25) is 0 Å². The van der Waals surface area contributed by atoms with E-state index in [1.165, 1.54) is 11.0 Å². The minimum Gasteiger partial charge on any atom is -0.444 e. The average molecular weight is 615 g/mol. The van der Waals surface area contributed by atoms with Crippen LogP contribution in [0.1, 0.15) is 67.2 Å². The van der Waals surface area contributed by atoms with Gasteiger partial charge in [-0.05, 0) is 64.1 Å². The van der Waals surface area contributed by atoms with Crippen LogP contribution in [0, 0.1) is 11.3 Å². The summed E-state index contributed by atoms with van der Waals surface area (Å²) in [6, 6.07) is -2.63. The second-order valence-electron chi connectivity index (χ2n) is 13.1. The number of likely N-dealkylation sites (tertiary alicyclic amines) is 1. The van der Waals surface area contributed by atoms with Crippen molar-refractivity contribution in [1.82, 2.24) is 25.6 Å². The van der Waals surface area contributed by atoms with Gasteiger partial charge in [0.05, 0.1) is 5.25 Å². The summed E-state index contributed by atoms with van der Waals surface area (Å²) in [5, 5.41) is 7.60. The van der Waals surface area contributed by atoms with Gasteiger partial charge in [0.15, 0.2) is 5.11 Å². The van der Waals surface area contributed by atoms with E-state index in [1.807, 2.05) is 0 Å². The van der Waals surface area contributed by atoms with Gasteiger partial charge in [0.1, 0.15) is 23.2 Å². The zero-order valence-electron chi connectivity index (χ0n) is 24.4. The largest absolute Gasteiger partial charge is 0.444 e. The number of hydrogen-bond acceptors (Lipinski definition) is 8. The van der Waals surface area contributed by atoms with Gasteiger partial charge in [-0.1, -0.05) is 26.8 Å². The fraction of sp³-hybridized carbons (Fsp3) is 0.731. The number of nitrogens with zero attached hydrogens (tertiary/aromatic N) is 1. The van der Waals surface area contributed by atoms with Crippen molar-refractivity contribution >= 4 is 51.2 Å². The summed E-state index contributed by atoms with van der Waals surface area (Å²) in [6.45, 7) is 14.1. The lowest BCUT2D eigenvalue weighted by Gasteiger charge is -2.36. The number of nitrogens with two attached hydrogens (primary N) is 1. The molecule has 41 heavy (non-hydrogen) atoms. The first-order valence-electron chi connectivity index (χ1n) is 13.6. The highest BCUT2D eigenvalue weighted by Crippen LogP contribution is 2.45. The zero-order chi connectivity index (χ0) is 31.1. The summed E-state index contributed by atoms with van der Waals surface area (Å²) in [5.41, 5.74) is 2.58. The van der Waals surface area contributed by atoms with Crippen molar-refractivity contribution in [2.75, 3.05) is 6.54 Å². The molecule has 0 bridgehead atoms. The lowest BCUT2D eigenvalue weighted by atomic mass is 9.85. The molecule has 13 nitrogen and oxygen atoms in total. The van der Waals surface area contributed by atoms with E-state index in [1.54, 1.807) is 41.5 Å². The Morgan fingerprint density at radius 2 is 1.76 bits per heavy atom. The third-order valence-corrected chi connectivity index (χ3v) is 9.19. The molecule has 4 amide bonds. The molecular weight excluding hydrogens is 572 g/mol. The Kier molecular flexibility index (Phi) is 9.04. The van der Waals surface area contributed by atoms with Gasteiger partial charge in [-0.2, -0.15) is 0 Å². The molecule has 230 valence electrons. The number of rotatable bonds is 9. The van der Waals surface area contributed by atoms with E-state index in [0.29, 0.717) is 12.8 Å². The molecule has 2 aliphatic carbocycles. The van der Waals surface area contributed by atoms with Crippen molar-refractivity contribution < 1.29 is 32.3 Å². The first-order chi connectivity index (χ1) is 18.7. The molecule has 3 aliphatic rings. The van der Waals surface area contributed by atoms with Crippen LogP contribution in [0.3, 0.4) is 0 Å². The standard InChI is InChI=1S/C26H42N6O7S2/c1-8-14-12-26(14,21(35)31-41(37,38)16-9-10-16)30-19(33)17-11-15(28-22(27)40)13-32(17)20(34)18(24(2,3)4)29-23(36)39-25(5,6)7/h8,14-18H,1,9-13H2,2-7H3,(H,29,36)(H,30,33)(H,31,35)(H3,27,28,40)/t14-,15-,17+,18+,26-/m1/s1. The van der Waals surface area contributed by atoms with Gasteiger partial charge < -0.3 is 31.3 Å². The molecule has 3 rings (SSSR count). The maximum Gasteiger partial charge on any atom is 0.408 e. The van der Waals surface area contributed by atoms with E-state index < -0.39 is 79.7 Å². The van der Waals surface area contributed by atoms with E-state index in [4.69, 9.17) is 22.7 Å². The van der Waals surface area contributed by atoms with Crippen LogP contribution in [0.25, 0.3) is 0 Å². The van der Waals surface area contributed by atoms with Gasteiger partial charge in [0, 0.05) is 18.5 Å². The highest BCUT2D eigenvalue weighted by atomic mass is 32.2. The Labute approximate surface area is 246 Å². The summed E-state index contributed by atoms with van der Waals surface area (Å²) in [6.07, 6.45) is 1.90. The summed E-state index contributed by atoms with van der Waals surface area (Å²) < 4.78 is 32.4. The monoisotopic (exact) mass is 614 g/mol. The van der Waals surface area contributed by atoms with Gasteiger partial charge in [-0.3, -0.25) is 19.1 Å². The number of ether oxygens (including phenoxy) is 1. The van der Waals surface area contributed by atoms with Gasteiger partial charge >= 0.3 is 6.09 Å². The molecule has 0 spiro atoms. The molecule has 2 saturated carbocycles. The maximum atomic E-state index is 14.0. The molecular formula is C26H42N6O7S2. The minimum atomic E-state index is -3.85. The molecule has 0 radical (unpaired) electrons. The Morgan fingerprint density at radius 3 is 2.22 bits per heavy atom. The lowest BCUT2D eigenvalue weighted by Crippen LogP contribution is -2.60. The SMILES string of the molecule is C=C[C@@H]1C[C@]1(NC(=O)[C@@H]1C[C@@H](NC(N)=S)CN1C(=O)[C@H](NC(=O)OC(C)(C)C)C(C)(C)C)C(=O)NS(=O)(=O)C1CC1. The predicted octanol–water partition coefficient (Wildman–Crippen LogP) is 0.398. The van der Waals surface area contributed by atoms with E-state index in [9.17, 15) is 27.6 Å². The van der Waals surface area contributed by atoms with Crippen LogP contribution in [-0.4, -0.2) is 83.3 Å². The van der Waals surface area contributed by atoms with Crippen molar-refractivity contribution in [3.05, 3.63) is 12.7 Å². The van der Waals surface area contributed by atoms with Crippen LogP contribution in [0.5, 0.6) is 0 Å². The van der Waals surface area contributed by atoms with E-state index in [2.05, 4.69) is 27.3 Å².